The van der Waals surface area contributed by atoms with Crippen LogP contribution in [0, 0.1) is 17.6 Å². The van der Waals surface area contributed by atoms with Crippen molar-refractivity contribution in [3.05, 3.63) is 29.8 Å². The Morgan fingerprint density at radius 1 is 1.28 bits per heavy atom. The predicted molar refractivity (Wildman–Crippen MR) is 63.7 cm³/mol. The van der Waals surface area contributed by atoms with Gasteiger partial charge in [0.05, 0.1) is 5.25 Å². The fourth-order valence-electron chi connectivity index (χ4n) is 2.54. The molecule has 1 aromatic carbocycles. The molecule has 2 unspecified atom stereocenters. The fourth-order valence-corrected chi connectivity index (χ4v) is 4.71. The lowest BCUT2D eigenvalue weighted by molar-refractivity contribution is 0.512. The molecule has 6 heteroatoms. The minimum Gasteiger partial charge on any atom is -0.330 e. The van der Waals surface area contributed by atoms with E-state index < -0.39 is 31.6 Å². The van der Waals surface area contributed by atoms with E-state index in [4.69, 9.17) is 5.73 Å². The average molecular weight is 275 g/mol. The summed E-state index contributed by atoms with van der Waals surface area (Å²) >= 11 is 0. The first-order chi connectivity index (χ1) is 8.46. The van der Waals surface area contributed by atoms with Crippen LogP contribution in [0.3, 0.4) is 0 Å². The molecule has 0 radical (unpaired) electrons. The number of rotatable bonds is 3. The third kappa shape index (κ3) is 2.27. The molecule has 0 saturated heterocycles. The molecular weight excluding hydrogens is 260 g/mol. The fraction of sp³-hybridized carbons (Fsp3) is 0.500. The quantitative estimate of drug-likeness (QED) is 0.916. The highest BCUT2D eigenvalue weighted by atomic mass is 32.2. The molecule has 1 saturated carbocycles. The van der Waals surface area contributed by atoms with Gasteiger partial charge in [-0.1, -0.05) is 6.42 Å². The Kier molecular flexibility index (Phi) is 3.68. The minimum atomic E-state index is -3.85. The molecule has 3 nitrogen and oxygen atoms in total. The van der Waals surface area contributed by atoms with Crippen LogP contribution >= 0.6 is 0 Å². The molecule has 1 fully saturated rings. The molecule has 18 heavy (non-hydrogen) atoms. The summed E-state index contributed by atoms with van der Waals surface area (Å²) < 4.78 is 51.3. The lowest BCUT2D eigenvalue weighted by Crippen LogP contribution is -2.31. The first-order valence-electron chi connectivity index (χ1n) is 5.86. The van der Waals surface area contributed by atoms with Crippen molar-refractivity contribution >= 4 is 9.84 Å². The van der Waals surface area contributed by atoms with Gasteiger partial charge >= 0.3 is 0 Å². The normalized spacial score (nSPS) is 24.4. The van der Waals surface area contributed by atoms with E-state index in [2.05, 4.69) is 0 Å². The Bertz CT molecular complexity index is 545. The lowest BCUT2D eigenvalue weighted by atomic mass is 10.1. The summed E-state index contributed by atoms with van der Waals surface area (Å²) in [6.07, 6.45) is 1.93. The SMILES string of the molecule is NCC1CCCC1S(=O)(=O)c1cc(F)ccc1F. The van der Waals surface area contributed by atoms with E-state index in [1.54, 1.807) is 0 Å². The van der Waals surface area contributed by atoms with Crippen molar-refractivity contribution in [1.82, 2.24) is 0 Å². The molecule has 0 heterocycles. The van der Waals surface area contributed by atoms with Crippen LogP contribution < -0.4 is 5.73 Å². The Hall–Kier alpha value is -1.01. The standard InChI is InChI=1S/C12H15F2NO2S/c13-9-4-5-10(14)12(6-9)18(16,17)11-3-1-2-8(11)7-15/h4-6,8,11H,1-3,7,15H2. The van der Waals surface area contributed by atoms with Gasteiger partial charge in [0.1, 0.15) is 16.5 Å². The molecule has 1 aliphatic carbocycles. The van der Waals surface area contributed by atoms with Gasteiger partial charge in [-0.2, -0.15) is 0 Å². The third-order valence-corrected chi connectivity index (χ3v) is 5.83. The molecule has 100 valence electrons. The van der Waals surface area contributed by atoms with Gasteiger partial charge in [-0.15, -0.1) is 0 Å². The van der Waals surface area contributed by atoms with E-state index >= 15 is 0 Å². The van der Waals surface area contributed by atoms with Gasteiger partial charge < -0.3 is 5.73 Å². The Balaban J connectivity index is 2.45. The van der Waals surface area contributed by atoms with Gasteiger partial charge in [0.25, 0.3) is 0 Å². The molecule has 0 aliphatic heterocycles. The maximum atomic E-state index is 13.6. The lowest BCUT2D eigenvalue weighted by Gasteiger charge is -2.18. The summed E-state index contributed by atoms with van der Waals surface area (Å²) in [7, 11) is -3.85. The highest BCUT2D eigenvalue weighted by Crippen LogP contribution is 2.35. The number of halogens is 2. The summed E-state index contributed by atoms with van der Waals surface area (Å²) in [6, 6.07) is 2.49. The van der Waals surface area contributed by atoms with E-state index in [0.717, 1.165) is 31.0 Å². The van der Waals surface area contributed by atoms with Gasteiger partial charge in [0.15, 0.2) is 9.84 Å². The van der Waals surface area contributed by atoms with Crippen molar-refractivity contribution in [2.45, 2.75) is 29.4 Å². The van der Waals surface area contributed by atoms with Crippen molar-refractivity contribution in [1.29, 1.82) is 0 Å². The summed E-state index contributed by atoms with van der Waals surface area (Å²) in [6.45, 7) is 0.251. The third-order valence-electron chi connectivity index (χ3n) is 3.49. The highest BCUT2D eigenvalue weighted by Gasteiger charge is 2.38. The van der Waals surface area contributed by atoms with Crippen molar-refractivity contribution in [2.24, 2.45) is 11.7 Å². The predicted octanol–water partition coefficient (Wildman–Crippen LogP) is 1.87. The van der Waals surface area contributed by atoms with Crippen LogP contribution in [0.5, 0.6) is 0 Å². The number of nitrogens with two attached hydrogens (primary N) is 1. The second-order valence-electron chi connectivity index (χ2n) is 4.58. The number of hydrogen-bond donors (Lipinski definition) is 1. The van der Waals surface area contributed by atoms with Crippen molar-refractivity contribution in [3.8, 4) is 0 Å². The topological polar surface area (TPSA) is 60.2 Å². The zero-order chi connectivity index (χ0) is 13.3. The van der Waals surface area contributed by atoms with Gasteiger partial charge in [-0.3, -0.25) is 0 Å². The molecule has 1 aromatic rings. The van der Waals surface area contributed by atoms with Gasteiger partial charge in [0.2, 0.25) is 0 Å². The molecule has 2 atom stereocenters. The monoisotopic (exact) mass is 275 g/mol. The Morgan fingerprint density at radius 3 is 2.67 bits per heavy atom. The highest BCUT2D eigenvalue weighted by molar-refractivity contribution is 7.92. The Labute approximate surface area is 105 Å². The molecule has 2 N–H and O–H groups in total. The van der Waals surface area contributed by atoms with E-state index in [1.165, 1.54) is 0 Å². The van der Waals surface area contributed by atoms with Crippen molar-refractivity contribution in [2.75, 3.05) is 6.54 Å². The second-order valence-corrected chi connectivity index (χ2v) is 6.72. The average Bonchev–Trinajstić information content (AvgIpc) is 2.81. The Morgan fingerprint density at radius 2 is 2.00 bits per heavy atom. The molecule has 1 aliphatic rings. The van der Waals surface area contributed by atoms with Crippen LogP contribution in [0.25, 0.3) is 0 Å². The van der Waals surface area contributed by atoms with E-state index in [9.17, 15) is 17.2 Å². The van der Waals surface area contributed by atoms with Gasteiger partial charge in [-0.05, 0) is 43.5 Å². The van der Waals surface area contributed by atoms with Crippen molar-refractivity contribution in [3.63, 3.8) is 0 Å². The first-order valence-corrected chi connectivity index (χ1v) is 7.40. The maximum Gasteiger partial charge on any atom is 0.184 e. The van der Waals surface area contributed by atoms with Crippen LogP contribution in [0.1, 0.15) is 19.3 Å². The smallest absolute Gasteiger partial charge is 0.184 e. The van der Waals surface area contributed by atoms with E-state index in [0.29, 0.717) is 6.42 Å². The van der Waals surface area contributed by atoms with E-state index in [1.807, 2.05) is 0 Å². The van der Waals surface area contributed by atoms with Crippen LogP contribution in [-0.4, -0.2) is 20.2 Å². The van der Waals surface area contributed by atoms with E-state index in [-0.39, 0.29) is 12.5 Å². The first kappa shape index (κ1) is 13.4. The molecule has 0 amide bonds. The zero-order valence-corrected chi connectivity index (χ0v) is 10.6. The zero-order valence-electron chi connectivity index (χ0n) is 9.77. The number of sulfone groups is 1. The van der Waals surface area contributed by atoms with Crippen LogP contribution in [0.2, 0.25) is 0 Å². The number of benzene rings is 1. The molecular formula is C12H15F2NO2S. The molecule has 2 rings (SSSR count). The maximum absolute atomic E-state index is 13.6. The summed E-state index contributed by atoms with van der Waals surface area (Å²) in [5.74, 6) is -1.82. The summed E-state index contributed by atoms with van der Waals surface area (Å²) in [4.78, 5) is -0.548. The summed E-state index contributed by atoms with van der Waals surface area (Å²) in [5.41, 5.74) is 5.53. The molecule has 0 spiro atoms. The second kappa shape index (κ2) is 4.93. The van der Waals surface area contributed by atoms with Crippen LogP contribution in [-0.2, 0) is 9.84 Å². The van der Waals surface area contributed by atoms with Gasteiger partial charge in [0, 0.05) is 0 Å². The van der Waals surface area contributed by atoms with Crippen LogP contribution in [0.15, 0.2) is 23.1 Å². The largest absolute Gasteiger partial charge is 0.330 e. The molecule has 0 aromatic heterocycles. The van der Waals surface area contributed by atoms with Crippen LogP contribution in [0.4, 0.5) is 8.78 Å². The number of hydrogen-bond acceptors (Lipinski definition) is 3. The van der Waals surface area contributed by atoms with Gasteiger partial charge in [-0.25, -0.2) is 17.2 Å². The van der Waals surface area contributed by atoms with Crippen molar-refractivity contribution < 1.29 is 17.2 Å². The minimum absolute atomic E-state index is 0.169. The molecule has 0 bridgehead atoms. The summed E-state index contributed by atoms with van der Waals surface area (Å²) in [5, 5.41) is -0.696.